The average molecular weight is 161 g/mol. The molecule has 11 heavy (non-hydrogen) atoms. The number of carbonyl (C=O) groups excluding carboxylic acids is 1. The molecule has 0 fully saturated rings. The van der Waals surface area contributed by atoms with Crippen LogP contribution in [0.1, 0.15) is 47.5 Å². The summed E-state index contributed by atoms with van der Waals surface area (Å²) in [6.07, 6.45) is 1.58. The van der Waals surface area contributed by atoms with E-state index in [2.05, 4.69) is 5.32 Å². The monoisotopic (exact) mass is 161 g/mol. The number of hydrogen-bond acceptors (Lipinski definition) is 1. The fourth-order valence-electron chi connectivity index (χ4n) is 0.352. The van der Waals surface area contributed by atoms with Crippen LogP contribution in [0, 0.1) is 0 Å². The lowest BCUT2D eigenvalue weighted by Crippen LogP contribution is -2.16. The van der Waals surface area contributed by atoms with Gasteiger partial charge in [-0.15, -0.1) is 0 Å². The third-order valence-corrected chi connectivity index (χ3v) is 0.756. The van der Waals surface area contributed by atoms with Gasteiger partial charge in [0.2, 0.25) is 5.91 Å². The molecule has 0 saturated heterocycles. The first-order valence-corrected chi connectivity index (χ1v) is 4.51. The molecule has 0 radical (unpaired) electrons. The maximum Gasteiger partial charge on any atom is 0.219 e. The van der Waals surface area contributed by atoms with Crippen molar-refractivity contribution in [2.24, 2.45) is 0 Å². The molecular formula is C9H23NO. The van der Waals surface area contributed by atoms with Gasteiger partial charge in [-0.25, -0.2) is 0 Å². The zero-order valence-electron chi connectivity index (χ0n) is 8.82. The Balaban J connectivity index is -0.000000138. The predicted molar refractivity (Wildman–Crippen MR) is 51.7 cm³/mol. The van der Waals surface area contributed by atoms with Gasteiger partial charge in [-0.3, -0.25) is 4.79 Å². The third-order valence-electron chi connectivity index (χ3n) is 0.756. The van der Waals surface area contributed by atoms with Crippen molar-refractivity contribution in [2.75, 3.05) is 7.05 Å². The van der Waals surface area contributed by atoms with Gasteiger partial charge in [-0.2, -0.15) is 0 Å². The molecule has 1 N–H and O–H groups in total. The lowest BCUT2D eigenvalue weighted by molar-refractivity contribution is -0.120. The van der Waals surface area contributed by atoms with E-state index >= 15 is 0 Å². The van der Waals surface area contributed by atoms with Gasteiger partial charge in [0, 0.05) is 13.5 Å². The van der Waals surface area contributed by atoms with Crippen LogP contribution in [0.3, 0.4) is 0 Å². The van der Waals surface area contributed by atoms with Crippen molar-refractivity contribution < 1.29 is 4.79 Å². The van der Waals surface area contributed by atoms with Gasteiger partial charge in [-0.1, -0.05) is 34.6 Å². The summed E-state index contributed by atoms with van der Waals surface area (Å²) in [6.45, 7) is 9.98. The zero-order valence-corrected chi connectivity index (χ0v) is 8.82. The minimum atomic E-state index is 0.127. The van der Waals surface area contributed by atoms with Crippen LogP contribution >= 0.6 is 0 Å². The van der Waals surface area contributed by atoms with Gasteiger partial charge in [0.05, 0.1) is 0 Å². The van der Waals surface area contributed by atoms with Crippen molar-refractivity contribution in [3.8, 4) is 0 Å². The first kappa shape index (κ1) is 16.8. The van der Waals surface area contributed by atoms with Crippen LogP contribution in [0.15, 0.2) is 0 Å². The highest BCUT2D eigenvalue weighted by Gasteiger charge is 1.89. The summed E-state index contributed by atoms with van der Waals surface area (Å²) in [5, 5.41) is 2.53. The van der Waals surface area contributed by atoms with E-state index in [1.165, 1.54) is 0 Å². The highest BCUT2D eigenvalue weighted by atomic mass is 16.1. The Hall–Kier alpha value is -0.530. The number of nitrogens with one attached hydrogen (secondary N) is 1. The van der Waals surface area contributed by atoms with Gasteiger partial charge in [0.15, 0.2) is 0 Å². The Bertz CT molecular complexity index is 62.6. The fraction of sp³-hybridized carbons (Fsp3) is 0.889. The molecule has 0 spiro atoms. The smallest absolute Gasteiger partial charge is 0.219 e. The van der Waals surface area contributed by atoms with Crippen molar-refractivity contribution in [3.05, 3.63) is 0 Å². The van der Waals surface area contributed by atoms with E-state index in [9.17, 15) is 4.79 Å². The predicted octanol–water partition coefficient (Wildman–Crippen LogP) is 2.58. The molecule has 0 aromatic heterocycles. The summed E-state index contributed by atoms with van der Waals surface area (Å²) >= 11 is 0. The van der Waals surface area contributed by atoms with Crippen molar-refractivity contribution in [3.63, 3.8) is 0 Å². The van der Waals surface area contributed by atoms with Crippen LogP contribution in [0.2, 0.25) is 0 Å². The summed E-state index contributed by atoms with van der Waals surface area (Å²) in [5.74, 6) is 0.127. The van der Waals surface area contributed by atoms with E-state index in [0.717, 1.165) is 6.42 Å². The molecule has 1 amide bonds. The summed E-state index contributed by atoms with van der Waals surface area (Å²) in [4.78, 5) is 10.3. The zero-order chi connectivity index (χ0) is 9.70. The van der Waals surface area contributed by atoms with Gasteiger partial charge in [0.1, 0.15) is 0 Å². The van der Waals surface area contributed by atoms with Crippen LogP contribution < -0.4 is 5.32 Å². The van der Waals surface area contributed by atoms with E-state index in [4.69, 9.17) is 0 Å². The van der Waals surface area contributed by atoms with E-state index in [-0.39, 0.29) is 5.91 Å². The van der Waals surface area contributed by atoms with Gasteiger partial charge < -0.3 is 5.32 Å². The van der Waals surface area contributed by atoms with Crippen molar-refractivity contribution in [1.82, 2.24) is 5.32 Å². The molecule has 0 heterocycles. The lowest BCUT2D eigenvalue weighted by Gasteiger charge is -1.91. The van der Waals surface area contributed by atoms with Gasteiger partial charge in [-0.05, 0) is 6.42 Å². The minimum absolute atomic E-state index is 0.127. The molecule has 0 aliphatic rings. The fourth-order valence-corrected chi connectivity index (χ4v) is 0.352. The second kappa shape index (κ2) is 22.7. The Kier molecular flexibility index (Phi) is 34.7. The van der Waals surface area contributed by atoms with Crippen molar-refractivity contribution in [1.29, 1.82) is 0 Å². The summed E-state index contributed by atoms with van der Waals surface area (Å²) in [6, 6.07) is 0. The summed E-state index contributed by atoms with van der Waals surface area (Å²) in [5.41, 5.74) is 0. The normalized spacial score (nSPS) is 6.36. The molecule has 2 nitrogen and oxygen atoms in total. The van der Waals surface area contributed by atoms with Crippen LogP contribution in [0.25, 0.3) is 0 Å². The first-order chi connectivity index (χ1) is 5.31. The highest BCUT2D eigenvalue weighted by Crippen LogP contribution is 1.82. The Morgan fingerprint density at radius 2 is 1.55 bits per heavy atom. The van der Waals surface area contributed by atoms with Gasteiger partial charge in [0.25, 0.3) is 0 Å². The Morgan fingerprint density at radius 3 is 1.64 bits per heavy atom. The average Bonchev–Trinajstić information content (AvgIpc) is 2.12. The first-order valence-electron chi connectivity index (χ1n) is 4.51. The maximum absolute atomic E-state index is 10.3. The van der Waals surface area contributed by atoms with E-state index in [1.807, 2.05) is 34.6 Å². The largest absolute Gasteiger partial charge is 0.359 e. The third kappa shape index (κ3) is 26.4. The molecule has 2 heteroatoms. The Labute approximate surface area is 71.4 Å². The second-order valence-corrected chi connectivity index (χ2v) is 1.42. The molecule has 0 saturated carbocycles. The molecule has 0 bridgehead atoms. The molecule has 0 aliphatic heterocycles. The van der Waals surface area contributed by atoms with Crippen molar-refractivity contribution >= 4 is 5.91 Å². The van der Waals surface area contributed by atoms with Crippen LogP contribution in [0.4, 0.5) is 0 Å². The topological polar surface area (TPSA) is 29.1 Å². The highest BCUT2D eigenvalue weighted by molar-refractivity contribution is 5.75. The van der Waals surface area contributed by atoms with E-state index < -0.39 is 0 Å². The molecule has 0 atom stereocenters. The van der Waals surface area contributed by atoms with Crippen molar-refractivity contribution in [2.45, 2.75) is 47.5 Å². The molecule has 0 aromatic rings. The molecule has 0 aromatic carbocycles. The summed E-state index contributed by atoms with van der Waals surface area (Å²) in [7, 11) is 1.65. The SMILES string of the molecule is CC.CC.CCCC(=O)NC. The molecule has 0 unspecified atom stereocenters. The summed E-state index contributed by atoms with van der Waals surface area (Å²) < 4.78 is 0. The lowest BCUT2D eigenvalue weighted by atomic mass is 10.3. The van der Waals surface area contributed by atoms with E-state index in [1.54, 1.807) is 7.05 Å². The standard InChI is InChI=1S/C5H11NO.2C2H6/c1-3-4-5(7)6-2;2*1-2/h3-4H2,1-2H3,(H,6,7);2*1-2H3. The molecule has 70 valence electrons. The maximum atomic E-state index is 10.3. The van der Waals surface area contributed by atoms with Crippen LogP contribution in [-0.2, 0) is 4.79 Å². The number of rotatable bonds is 2. The molecular weight excluding hydrogens is 138 g/mol. The Morgan fingerprint density at radius 1 is 1.18 bits per heavy atom. The number of carbonyl (C=O) groups is 1. The van der Waals surface area contributed by atoms with Crippen LogP contribution in [-0.4, -0.2) is 13.0 Å². The van der Waals surface area contributed by atoms with Gasteiger partial charge >= 0.3 is 0 Å². The number of hydrogen-bond donors (Lipinski definition) is 1. The minimum Gasteiger partial charge on any atom is -0.359 e. The number of amides is 1. The molecule has 0 aliphatic carbocycles. The van der Waals surface area contributed by atoms with Crippen LogP contribution in [0.5, 0.6) is 0 Å². The quantitative estimate of drug-likeness (QED) is 0.662. The second-order valence-electron chi connectivity index (χ2n) is 1.42. The van der Waals surface area contributed by atoms with E-state index in [0.29, 0.717) is 6.42 Å². The molecule has 0 rings (SSSR count).